The van der Waals surface area contributed by atoms with Gasteiger partial charge in [-0.15, -0.1) is 11.8 Å². The molecule has 1 aromatic heterocycles. The fourth-order valence-corrected chi connectivity index (χ4v) is 5.39. The van der Waals surface area contributed by atoms with E-state index in [-0.39, 0.29) is 17.5 Å². The normalized spacial score (nSPS) is 11.7. The Labute approximate surface area is 260 Å². The number of amides is 3. The number of pyridine rings is 1. The van der Waals surface area contributed by atoms with E-state index in [1.165, 1.54) is 11.8 Å². The van der Waals surface area contributed by atoms with Gasteiger partial charge in [0.1, 0.15) is 10.9 Å². The smallest absolute Gasteiger partial charge is 0.272 e. The zero-order chi connectivity index (χ0) is 30.7. The van der Waals surface area contributed by atoms with Gasteiger partial charge in [0.05, 0.1) is 0 Å². The Morgan fingerprint density at radius 1 is 0.727 bits per heavy atom. The molecule has 1 atom stereocenters. The molecule has 5 rings (SSSR count). The van der Waals surface area contributed by atoms with E-state index in [0.717, 1.165) is 21.6 Å². The van der Waals surface area contributed by atoms with E-state index in [9.17, 15) is 14.4 Å². The van der Waals surface area contributed by atoms with Gasteiger partial charge >= 0.3 is 0 Å². The highest BCUT2D eigenvalue weighted by Gasteiger charge is 2.22. The first kappa shape index (κ1) is 30.0. The fraction of sp³-hybridized carbons (Fsp3) is 0.0556. The van der Waals surface area contributed by atoms with Crippen LogP contribution in [0.4, 0.5) is 11.4 Å². The number of benzene rings is 4. The van der Waals surface area contributed by atoms with Gasteiger partial charge in [-0.2, -0.15) is 0 Å². The maximum absolute atomic E-state index is 13.4. The van der Waals surface area contributed by atoms with E-state index < -0.39 is 11.2 Å². The van der Waals surface area contributed by atoms with Gasteiger partial charge in [-0.25, -0.2) is 0 Å². The lowest BCUT2D eigenvalue weighted by Crippen LogP contribution is -2.30. The van der Waals surface area contributed by atoms with Gasteiger partial charge in [0, 0.05) is 34.2 Å². The highest BCUT2D eigenvalue weighted by atomic mass is 32.2. The molecule has 0 aliphatic rings. The Kier molecular flexibility index (Phi) is 9.97. The molecule has 0 fully saturated rings. The maximum Gasteiger partial charge on any atom is 0.272 e. The molecule has 1 unspecified atom stereocenters. The highest BCUT2D eigenvalue weighted by molar-refractivity contribution is 8.00. The van der Waals surface area contributed by atoms with Crippen molar-refractivity contribution in [3.8, 4) is 0 Å². The molecule has 0 radical (unpaired) electrons. The Bertz CT molecular complexity index is 1760. The van der Waals surface area contributed by atoms with Gasteiger partial charge in [-0.3, -0.25) is 19.4 Å². The SMILES string of the molecule is Cc1cccc(/C=C(\NC(=O)c2ccccc2)C(=O)Nc2ccc(SC(C(=O)Nc3ccncc3)c3ccccc3)cc2)c1. The summed E-state index contributed by atoms with van der Waals surface area (Å²) >= 11 is 1.40. The molecule has 0 bridgehead atoms. The number of aryl methyl sites for hydroxylation is 1. The van der Waals surface area contributed by atoms with Gasteiger partial charge in [0.15, 0.2) is 0 Å². The van der Waals surface area contributed by atoms with Crippen LogP contribution in [-0.2, 0) is 9.59 Å². The zero-order valence-electron chi connectivity index (χ0n) is 23.9. The summed E-state index contributed by atoms with van der Waals surface area (Å²) in [6, 6.07) is 36.7. The molecule has 0 spiro atoms. The van der Waals surface area contributed by atoms with E-state index in [4.69, 9.17) is 0 Å². The molecular weight excluding hydrogens is 568 g/mol. The summed E-state index contributed by atoms with van der Waals surface area (Å²) in [5.41, 5.74) is 4.44. The molecule has 0 aliphatic carbocycles. The number of hydrogen-bond donors (Lipinski definition) is 3. The third kappa shape index (κ3) is 8.30. The van der Waals surface area contributed by atoms with Gasteiger partial charge in [-0.05, 0) is 72.7 Å². The third-order valence-corrected chi connectivity index (χ3v) is 7.80. The Morgan fingerprint density at radius 3 is 2.07 bits per heavy atom. The summed E-state index contributed by atoms with van der Waals surface area (Å²) < 4.78 is 0. The Balaban J connectivity index is 1.32. The number of nitrogens with zero attached hydrogens (tertiary/aromatic N) is 1. The van der Waals surface area contributed by atoms with Crippen LogP contribution in [0.1, 0.15) is 32.3 Å². The van der Waals surface area contributed by atoms with Crippen LogP contribution < -0.4 is 16.0 Å². The highest BCUT2D eigenvalue weighted by Crippen LogP contribution is 2.36. The quantitative estimate of drug-likeness (QED) is 0.116. The molecule has 7 nitrogen and oxygen atoms in total. The molecule has 3 N–H and O–H groups in total. The van der Waals surface area contributed by atoms with E-state index in [2.05, 4.69) is 20.9 Å². The van der Waals surface area contributed by atoms with E-state index in [0.29, 0.717) is 16.9 Å². The summed E-state index contributed by atoms with van der Waals surface area (Å²) in [5.74, 6) is -1.01. The Hall–Kier alpha value is -5.47. The lowest BCUT2D eigenvalue weighted by Gasteiger charge is -2.17. The molecule has 1 heterocycles. The van der Waals surface area contributed by atoms with E-state index in [1.807, 2.05) is 79.7 Å². The molecular formula is C36H30N4O3S. The summed E-state index contributed by atoms with van der Waals surface area (Å²) in [7, 11) is 0. The van der Waals surface area contributed by atoms with Crippen LogP contribution in [-0.4, -0.2) is 22.7 Å². The largest absolute Gasteiger partial charge is 0.325 e. The number of aromatic nitrogens is 1. The lowest BCUT2D eigenvalue weighted by atomic mass is 10.1. The topological polar surface area (TPSA) is 100 Å². The number of anilines is 2. The first-order chi connectivity index (χ1) is 21.4. The summed E-state index contributed by atoms with van der Waals surface area (Å²) in [6.45, 7) is 1.96. The Morgan fingerprint density at radius 2 is 1.39 bits per heavy atom. The second kappa shape index (κ2) is 14.6. The van der Waals surface area contributed by atoms with Crippen molar-refractivity contribution in [3.05, 3.63) is 162 Å². The fourth-order valence-electron chi connectivity index (χ4n) is 4.36. The summed E-state index contributed by atoms with van der Waals surface area (Å²) in [5, 5.41) is 8.10. The number of carbonyl (C=O) groups is 3. The minimum atomic E-state index is -0.512. The average molecular weight is 599 g/mol. The predicted octanol–water partition coefficient (Wildman–Crippen LogP) is 7.27. The van der Waals surface area contributed by atoms with Crippen molar-refractivity contribution < 1.29 is 14.4 Å². The molecule has 218 valence electrons. The van der Waals surface area contributed by atoms with Crippen molar-refractivity contribution in [3.63, 3.8) is 0 Å². The van der Waals surface area contributed by atoms with Crippen LogP contribution in [0.5, 0.6) is 0 Å². The molecule has 5 aromatic rings. The van der Waals surface area contributed by atoms with Crippen molar-refractivity contribution in [1.29, 1.82) is 0 Å². The molecule has 3 amide bonds. The van der Waals surface area contributed by atoms with Crippen molar-refractivity contribution in [2.75, 3.05) is 10.6 Å². The molecule has 0 aliphatic heterocycles. The first-order valence-electron chi connectivity index (χ1n) is 13.9. The van der Waals surface area contributed by atoms with E-state index in [1.54, 1.807) is 67.0 Å². The third-order valence-electron chi connectivity index (χ3n) is 6.54. The monoisotopic (exact) mass is 598 g/mol. The van der Waals surface area contributed by atoms with Crippen molar-refractivity contribution >= 4 is 46.9 Å². The minimum Gasteiger partial charge on any atom is -0.325 e. The van der Waals surface area contributed by atoms with Crippen molar-refractivity contribution in [2.24, 2.45) is 0 Å². The summed E-state index contributed by atoms with van der Waals surface area (Å²) in [4.78, 5) is 44.5. The van der Waals surface area contributed by atoms with Crippen LogP contribution in [0.25, 0.3) is 6.08 Å². The van der Waals surface area contributed by atoms with Gasteiger partial charge < -0.3 is 16.0 Å². The maximum atomic E-state index is 13.4. The number of rotatable bonds is 10. The number of thioether (sulfide) groups is 1. The standard InChI is InChI=1S/C36H30N4O3S/c1-25-9-8-10-26(23-25)24-32(40-34(41)28-13-6-3-7-14-28)35(42)38-29-15-17-31(18-16-29)44-33(27-11-4-2-5-12-27)36(43)39-30-19-21-37-22-20-30/h2-24,33H,1H3,(H,38,42)(H,40,41)(H,37,39,43)/b32-24-. The van der Waals surface area contributed by atoms with E-state index >= 15 is 0 Å². The second-order valence-electron chi connectivity index (χ2n) is 9.90. The lowest BCUT2D eigenvalue weighted by molar-refractivity contribution is -0.116. The summed E-state index contributed by atoms with van der Waals surface area (Å²) in [6.07, 6.45) is 4.91. The minimum absolute atomic E-state index is 0.111. The number of nitrogens with one attached hydrogen (secondary N) is 3. The molecule has 8 heteroatoms. The van der Waals surface area contributed by atoms with Crippen LogP contribution in [0, 0.1) is 6.92 Å². The van der Waals surface area contributed by atoms with Crippen LogP contribution in [0.3, 0.4) is 0 Å². The van der Waals surface area contributed by atoms with Crippen LogP contribution in [0.2, 0.25) is 0 Å². The zero-order valence-corrected chi connectivity index (χ0v) is 24.8. The van der Waals surface area contributed by atoms with Crippen molar-refractivity contribution in [1.82, 2.24) is 10.3 Å². The van der Waals surface area contributed by atoms with Gasteiger partial charge in [-0.1, -0.05) is 78.4 Å². The second-order valence-corrected chi connectivity index (χ2v) is 11.1. The molecule has 0 saturated carbocycles. The number of carbonyl (C=O) groups excluding carboxylic acids is 3. The first-order valence-corrected chi connectivity index (χ1v) is 14.8. The van der Waals surface area contributed by atoms with Crippen molar-refractivity contribution in [2.45, 2.75) is 17.1 Å². The van der Waals surface area contributed by atoms with Crippen LogP contribution in [0.15, 0.2) is 144 Å². The predicted molar refractivity (Wildman–Crippen MR) is 176 cm³/mol. The number of hydrogen-bond acceptors (Lipinski definition) is 5. The molecule has 0 saturated heterocycles. The van der Waals surface area contributed by atoms with Gasteiger partial charge in [0.25, 0.3) is 11.8 Å². The van der Waals surface area contributed by atoms with Gasteiger partial charge in [0.2, 0.25) is 5.91 Å². The molecule has 44 heavy (non-hydrogen) atoms. The van der Waals surface area contributed by atoms with Crippen LogP contribution >= 0.6 is 11.8 Å². The average Bonchev–Trinajstić information content (AvgIpc) is 3.05. The molecule has 4 aromatic carbocycles.